The molecule has 0 fully saturated rings. The molecule has 0 spiro atoms. The molecule has 0 saturated heterocycles. The number of hydrogen-bond donors (Lipinski definition) is 2. The molecule has 0 aromatic heterocycles. The van der Waals surface area contributed by atoms with E-state index in [0.29, 0.717) is 16.9 Å². The third kappa shape index (κ3) is 4.44. The lowest BCUT2D eigenvalue weighted by molar-refractivity contribution is -0.155. The molecular weight excluding hydrogens is 324 g/mol. The standard InChI is InChI=1S/C19H18O6/c1-25-14-9-7-12(8-10-14)15(17(18(21)22)19(23)24)11-16(20)13-5-3-2-4-6-13/h2-10,15,17H,11H2,1H3,(H,21,22)(H,23,24). The Labute approximate surface area is 144 Å². The molecule has 0 saturated carbocycles. The van der Waals surface area contributed by atoms with E-state index in [9.17, 15) is 24.6 Å². The van der Waals surface area contributed by atoms with Crippen LogP contribution in [0.25, 0.3) is 0 Å². The van der Waals surface area contributed by atoms with Crippen LogP contribution in [0.3, 0.4) is 0 Å². The van der Waals surface area contributed by atoms with Crippen LogP contribution in [0.15, 0.2) is 54.6 Å². The zero-order chi connectivity index (χ0) is 18.4. The summed E-state index contributed by atoms with van der Waals surface area (Å²) in [6, 6.07) is 14.8. The van der Waals surface area contributed by atoms with Gasteiger partial charge in [-0.05, 0) is 17.7 Å². The van der Waals surface area contributed by atoms with Crippen molar-refractivity contribution in [1.82, 2.24) is 0 Å². The molecule has 2 N–H and O–H groups in total. The number of hydrogen-bond acceptors (Lipinski definition) is 4. The molecule has 2 aromatic carbocycles. The van der Waals surface area contributed by atoms with Gasteiger partial charge in [0.05, 0.1) is 7.11 Å². The van der Waals surface area contributed by atoms with Crippen molar-refractivity contribution in [3.63, 3.8) is 0 Å². The van der Waals surface area contributed by atoms with E-state index in [0.717, 1.165) is 0 Å². The molecule has 6 nitrogen and oxygen atoms in total. The predicted octanol–water partition coefficient (Wildman–Crippen LogP) is 2.84. The van der Waals surface area contributed by atoms with Gasteiger partial charge in [-0.2, -0.15) is 0 Å². The smallest absolute Gasteiger partial charge is 0.318 e. The Morgan fingerprint density at radius 1 is 0.920 bits per heavy atom. The average Bonchev–Trinajstić information content (AvgIpc) is 2.61. The molecule has 1 unspecified atom stereocenters. The van der Waals surface area contributed by atoms with Crippen molar-refractivity contribution in [3.05, 3.63) is 65.7 Å². The molecule has 0 heterocycles. The lowest BCUT2D eigenvalue weighted by Crippen LogP contribution is -2.31. The van der Waals surface area contributed by atoms with E-state index in [1.165, 1.54) is 7.11 Å². The first kappa shape index (κ1) is 18.2. The van der Waals surface area contributed by atoms with Gasteiger partial charge < -0.3 is 14.9 Å². The molecule has 0 aliphatic rings. The fourth-order valence-corrected chi connectivity index (χ4v) is 2.67. The number of rotatable bonds is 8. The highest BCUT2D eigenvalue weighted by atomic mass is 16.5. The Balaban J connectivity index is 2.38. The maximum atomic E-state index is 12.5. The van der Waals surface area contributed by atoms with Gasteiger partial charge in [0.15, 0.2) is 11.7 Å². The van der Waals surface area contributed by atoms with Crippen LogP contribution in [-0.2, 0) is 9.59 Å². The summed E-state index contributed by atoms with van der Waals surface area (Å²) in [7, 11) is 1.49. The van der Waals surface area contributed by atoms with Crippen LogP contribution >= 0.6 is 0 Å². The molecule has 130 valence electrons. The normalized spacial score (nSPS) is 11.8. The van der Waals surface area contributed by atoms with E-state index < -0.39 is 23.8 Å². The highest BCUT2D eigenvalue weighted by Crippen LogP contribution is 2.31. The van der Waals surface area contributed by atoms with Gasteiger partial charge in [-0.25, -0.2) is 0 Å². The average molecular weight is 342 g/mol. The van der Waals surface area contributed by atoms with Crippen molar-refractivity contribution >= 4 is 17.7 Å². The molecule has 6 heteroatoms. The topological polar surface area (TPSA) is 101 Å². The minimum atomic E-state index is -1.72. The molecule has 0 bridgehead atoms. The van der Waals surface area contributed by atoms with Crippen LogP contribution in [0.2, 0.25) is 0 Å². The van der Waals surface area contributed by atoms with Crippen molar-refractivity contribution in [2.45, 2.75) is 12.3 Å². The highest BCUT2D eigenvalue weighted by Gasteiger charge is 2.37. The fraction of sp³-hybridized carbons (Fsp3) is 0.211. The molecule has 2 rings (SSSR count). The summed E-state index contributed by atoms with van der Waals surface area (Å²) in [6.45, 7) is 0. The van der Waals surface area contributed by atoms with Gasteiger partial charge in [-0.3, -0.25) is 14.4 Å². The van der Waals surface area contributed by atoms with Crippen molar-refractivity contribution < 1.29 is 29.3 Å². The Kier molecular flexibility index (Phi) is 5.89. The van der Waals surface area contributed by atoms with Crippen LogP contribution in [0, 0.1) is 5.92 Å². The maximum absolute atomic E-state index is 12.5. The van der Waals surface area contributed by atoms with Crippen LogP contribution in [0.1, 0.15) is 28.3 Å². The second-order valence-corrected chi connectivity index (χ2v) is 5.53. The number of carboxylic acid groups (broad SMARTS) is 2. The van der Waals surface area contributed by atoms with E-state index in [1.807, 2.05) is 0 Å². The van der Waals surface area contributed by atoms with Crippen molar-refractivity contribution in [2.75, 3.05) is 7.11 Å². The molecule has 0 aliphatic heterocycles. The Hall–Kier alpha value is -3.15. The molecule has 1 atom stereocenters. The predicted molar refractivity (Wildman–Crippen MR) is 89.9 cm³/mol. The van der Waals surface area contributed by atoms with E-state index in [2.05, 4.69) is 0 Å². The number of ether oxygens (including phenoxy) is 1. The molecule has 0 radical (unpaired) electrons. The molecule has 0 aliphatic carbocycles. The largest absolute Gasteiger partial charge is 0.497 e. The fourth-order valence-electron chi connectivity index (χ4n) is 2.67. The van der Waals surface area contributed by atoms with Crippen molar-refractivity contribution in [1.29, 1.82) is 0 Å². The van der Waals surface area contributed by atoms with Crippen molar-refractivity contribution in [3.8, 4) is 5.75 Å². The zero-order valence-electron chi connectivity index (χ0n) is 13.6. The van der Waals surface area contributed by atoms with Gasteiger partial charge in [0.2, 0.25) is 0 Å². The summed E-state index contributed by atoms with van der Waals surface area (Å²) in [6.07, 6.45) is -0.223. The number of ketones is 1. The minimum Gasteiger partial charge on any atom is -0.497 e. The summed E-state index contributed by atoms with van der Waals surface area (Å²) >= 11 is 0. The van der Waals surface area contributed by atoms with Gasteiger partial charge in [0.1, 0.15) is 5.75 Å². The van der Waals surface area contributed by atoms with E-state index in [-0.39, 0.29) is 12.2 Å². The maximum Gasteiger partial charge on any atom is 0.318 e. The first-order chi connectivity index (χ1) is 11.9. The zero-order valence-corrected chi connectivity index (χ0v) is 13.6. The minimum absolute atomic E-state index is 0.223. The van der Waals surface area contributed by atoms with Crippen LogP contribution in [-0.4, -0.2) is 35.0 Å². The lowest BCUT2D eigenvalue weighted by atomic mass is 9.81. The molecule has 0 amide bonds. The van der Waals surface area contributed by atoms with E-state index in [1.54, 1.807) is 54.6 Å². The quantitative estimate of drug-likeness (QED) is 0.565. The monoisotopic (exact) mass is 342 g/mol. The Morgan fingerprint density at radius 3 is 1.96 bits per heavy atom. The van der Waals surface area contributed by atoms with Gasteiger partial charge in [0, 0.05) is 17.9 Å². The molecule has 25 heavy (non-hydrogen) atoms. The summed E-state index contributed by atoms with van der Waals surface area (Å²) in [5.41, 5.74) is 0.871. The van der Waals surface area contributed by atoms with E-state index in [4.69, 9.17) is 4.74 Å². The van der Waals surface area contributed by atoms with Gasteiger partial charge in [-0.15, -0.1) is 0 Å². The highest BCUT2D eigenvalue weighted by molar-refractivity contribution is 5.99. The van der Waals surface area contributed by atoms with E-state index >= 15 is 0 Å². The number of carbonyl (C=O) groups is 3. The summed E-state index contributed by atoms with van der Waals surface area (Å²) in [4.78, 5) is 35.5. The van der Waals surface area contributed by atoms with Crippen LogP contribution in [0.5, 0.6) is 5.75 Å². The van der Waals surface area contributed by atoms with Crippen LogP contribution in [0.4, 0.5) is 0 Å². The number of carboxylic acids is 2. The van der Waals surface area contributed by atoms with Gasteiger partial charge >= 0.3 is 11.9 Å². The summed E-state index contributed by atoms with van der Waals surface area (Å²) in [5, 5.41) is 18.7. The number of carbonyl (C=O) groups excluding carboxylic acids is 1. The Bertz CT molecular complexity index is 737. The summed E-state index contributed by atoms with van der Waals surface area (Å²) in [5.74, 6) is -5.42. The van der Waals surface area contributed by atoms with Crippen LogP contribution < -0.4 is 4.74 Å². The summed E-state index contributed by atoms with van der Waals surface area (Å²) < 4.78 is 5.06. The number of methoxy groups -OCH3 is 1. The third-order valence-electron chi connectivity index (χ3n) is 3.98. The third-order valence-corrected chi connectivity index (χ3v) is 3.98. The second kappa shape index (κ2) is 8.10. The van der Waals surface area contributed by atoms with Gasteiger partial charge in [0.25, 0.3) is 0 Å². The number of aliphatic carboxylic acids is 2. The Morgan fingerprint density at radius 2 is 1.48 bits per heavy atom. The first-order valence-electron chi connectivity index (χ1n) is 7.62. The van der Waals surface area contributed by atoms with Crippen molar-refractivity contribution in [2.24, 2.45) is 5.92 Å². The number of benzene rings is 2. The van der Waals surface area contributed by atoms with Gasteiger partial charge in [-0.1, -0.05) is 42.5 Å². The SMILES string of the molecule is COc1ccc(C(CC(=O)c2ccccc2)C(C(=O)O)C(=O)O)cc1. The molecule has 2 aromatic rings. The second-order valence-electron chi connectivity index (χ2n) is 5.53. The molecular formula is C19H18O6. The lowest BCUT2D eigenvalue weighted by Gasteiger charge is -2.21. The first-order valence-corrected chi connectivity index (χ1v) is 7.62. The number of Topliss-reactive ketones (excluding diaryl/α,β-unsaturated/α-hetero) is 1.